The summed E-state index contributed by atoms with van der Waals surface area (Å²) in [7, 11) is 0. The fraction of sp³-hybridized carbons (Fsp3) is 0.429. The Hall–Kier alpha value is -1.53. The Morgan fingerprint density at radius 2 is 2.28 bits per heavy atom. The number of nitriles is 1. The summed E-state index contributed by atoms with van der Waals surface area (Å²) in [4.78, 5) is 4.55. The zero-order chi connectivity index (χ0) is 12.9. The van der Waals surface area contributed by atoms with Crippen LogP contribution in [0, 0.1) is 16.7 Å². The molecule has 0 spiro atoms. The number of halogens is 1. The normalized spacial score (nSPS) is 20.9. The van der Waals surface area contributed by atoms with E-state index in [2.05, 4.69) is 29.5 Å². The van der Waals surface area contributed by atoms with Crippen LogP contribution in [0.4, 0.5) is 0 Å². The molecular weight excluding hydrogens is 246 g/mol. The zero-order valence-electron chi connectivity index (χ0n) is 10.4. The third-order valence-electron chi connectivity index (χ3n) is 3.78. The minimum absolute atomic E-state index is 0.303. The van der Waals surface area contributed by atoms with Gasteiger partial charge < -0.3 is 4.57 Å². The van der Waals surface area contributed by atoms with E-state index >= 15 is 0 Å². The molecule has 0 bridgehead atoms. The summed E-state index contributed by atoms with van der Waals surface area (Å²) in [6.07, 6.45) is 1.14. The molecular formula is C14H14ClN3. The van der Waals surface area contributed by atoms with Crippen LogP contribution in [0.2, 0.25) is 0 Å². The lowest BCUT2D eigenvalue weighted by Crippen LogP contribution is -2.04. The van der Waals surface area contributed by atoms with Gasteiger partial charge in [0.2, 0.25) is 0 Å². The van der Waals surface area contributed by atoms with Gasteiger partial charge in [-0.3, -0.25) is 0 Å². The number of imidazole rings is 1. The first-order valence-corrected chi connectivity index (χ1v) is 6.57. The number of nitrogens with zero attached hydrogens (tertiary/aromatic N) is 3. The van der Waals surface area contributed by atoms with Gasteiger partial charge in [-0.25, -0.2) is 4.98 Å². The van der Waals surface area contributed by atoms with E-state index in [1.165, 1.54) is 0 Å². The summed E-state index contributed by atoms with van der Waals surface area (Å²) in [5.74, 6) is 1.31. The summed E-state index contributed by atoms with van der Waals surface area (Å²) >= 11 is 5.99. The average Bonchev–Trinajstić information content (AvgIpc) is 2.85. The Labute approximate surface area is 111 Å². The maximum atomic E-state index is 9.00. The SMILES string of the molecule is CC1(C)CC1n1c(CCl)nc2ccc(C#N)cc21. The molecule has 1 unspecified atom stereocenters. The van der Waals surface area contributed by atoms with E-state index in [9.17, 15) is 0 Å². The molecule has 1 atom stereocenters. The molecule has 1 aromatic carbocycles. The molecule has 0 saturated heterocycles. The van der Waals surface area contributed by atoms with Crippen molar-refractivity contribution in [2.75, 3.05) is 0 Å². The first-order valence-electron chi connectivity index (χ1n) is 6.04. The van der Waals surface area contributed by atoms with E-state index < -0.39 is 0 Å². The molecule has 92 valence electrons. The minimum atomic E-state index is 0.303. The van der Waals surface area contributed by atoms with Crippen LogP contribution < -0.4 is 0 Å². The topological polar surface area (TPSA) is 41.6 Å². The van der Waals surface area contributed by atoms with Crippen LogP contribution in [0.15, 0.2) is 18.2 Å². The van der Waals surface area contributed by atoms with Gasteiger partial charge in [-0.05, 0) is 30.0 Å². The van der Waals surface area contributed by atoms with Gasteiger partial charge in [0.1, 0.15) is 5.82 Å². The van der Waals surface area contributed by atoms with Gasteiger partial charge in [-0.2, -0.15) is 5.26 Å². The number of hydrogen-bond acceptors (Lipinski definition) is 2. The maximum absolute atomic E-state index is 9.00. The Kier molecular flexibility index (Phi) is 2.39. The number of rotatable bonds is 2. The van der Waals surface area contributed by atoms with E-state index in [-0.39, 0.29) is 0 Å². The number of fused-ring (bicyclic) bond motifs is 1. The molecule has 0 amide bonds. The van der Waals surface area contributed by atoms with Gasteiger partial charge >= 0.3 is 0 Å². The maximum Gasteiger partial charge on any atom is 0.125 e. The highest BCUT2D eigenvalue weighted by Gasteiger charge is 2.48. The van der Waals surface area contributed by atoms with Crippen molar-refractivity contribution in [3.05, 3.63) is 29.6 Å². The highest BCUT2D eigenvalue weighted by atomic mass is 35.5. The number of benzene rings is 1. The fourth-order valence-electron chi connectivity index (χ4n) is 2.53. The van der Waals surface area contributed by atoms with Crippen molar-refractivity contribution in [1.82, 2.24) is 9.55 Å². The van der Waals surface area contributed by atoms with Crippen molar-refractivity contribution in [3.8, 4) is 6.07 Å². The first-order chi connectivity index (χ1) is 8.56. The Balaban J connectivity index is 2.24. The highest BCUT2D eigenvalue weighted by Crippen LogP contribution is 2.56. The van der Waals surface area contributed by atoms with Crippen molar-refractivity contribution in [3.63, 3.8) is 0 Å². The Morgan fingerprint density at radius 3 is 2.83 bits per heavy atom. The van der Waals surface area contributed by atoms with E-state index in [1.807, 2.05) is 12.1 Å². The van der Waals surface area contributed by atoms with E-state index in [0.29, 0.717) is 22.9 Å². The van der Waals surface area contributed by atoms with Crippen LogP contribution in [-0.2, 0) is 5.88 Å². The van der Waals surface area contributed by atoms with Crippen LogP contribution in [0.25, 0.3) is 11.0 Å². The predicted octanol–water partition coefficient (Wildman–Crippen LogP) is 3.62. The fourth-order valence-corrected chi connectivity index (χ4v) is 2.72. The van der Waals surface area contributed by atoms with Crippen LogP contribution in [0.3, 0.4) is 0 Å². The summed E-state index contributed by atoms with van der Waals surface area (Å²) in [5, 5.41) is 9.00. The first kappa shape index (κ1) is 11.6. The van der Waals surface area contributed by atoms with Crippen LogP contribution in [0.5, 0.6) is 0 Å². The molecule has 18 heavy (non-hydrogen) atoms. The van der Waals surface area contributed by atoms with Crippen molar-refractivity contribution in [1.29, 1.82) is 5.26 Å². The molecule has 1 heterocycles. The van der Waals surface area contributed by atoms with Crippen LogP contribution >= 0.6 is 11.6 Å². The number of alkyl halides is 1. The molecule has 1 aliphatic carbocycles. The molecule has 0 aliphatic heterocycles. The third-order valence-corrected chi connectivity index (χ3v) is 4.02. The van der Waals surface area contributed by atoms with Crippen molar-refractivity contribution < 1.29 is 0 Å². The van der Waals surface area contributed by atoms with Crippen molar-refractivity contribution >= 4 is 22.6 Å². The summed E-state index contributed by atoms with van der Waals surface area (Å²) in [5.41, 5.74) is 2.92. The molecule has 1 saturated carbocycles. The summed E-state index contributed by atoms with van der Waals surface area (Å²) in [6.45, 7) is 4.49. The lowest BCUT2D eigenvalue weighted by Gasteiger charge is -2.09. The molecule has 1 aromatic heterocycles. The molecule has 1 aliphatic rings. The summed E-state index contributed by atoms with van der Waals surface area (Å²) < 4.78 is 2.21. The van der Waals surface area contributed by atoms with E-state index in [1.54, 1.807) is 6.07 Å². The minimum Gasteiger partial charge on any atom is -0.323 e. The second-order valence-corrected chi connectivity index (χ2v) is 5.82. The van der Waals surface area contributed by atoms with E-state index in [0.717, 1.165) is 23.3 Å². The van der Waals surface area contributed by atoms with Gasteiger partial charge in [0.05, 0.1) is 28.5 Å². The second-order valence-electron chi connectivity index (χ2n) is 5.56. The number of hydrogen-bond donors (Lipinski definition) is 0. The van der Waals surface area contributed by atoms with Crippen LogP contribution in [0.1, 0.15) is 37.7 Å². The molecule has 4 heteroatoms. The van der Waals surface area contributed by atoms with E-state index in [4.69, 9.17) is 16.9 Å². The lowest BCUT2D eigenvalue weighted by atomic mass is 10.2. The standard InChI is InChI=1S/C14H14ClN3/c1-14(2)6-12(14)18-11-5-9(8-16)3-4-10(11)17-13(18)7-15/h3-5,12H,6-7H2,1-2H3. The van der Waals surface area contributed by atoms with Gasteiger partial charge in [0, 0.05) is 6.04 Å². The molecule has 3 rings (SSSR count). The molecule has 0 radical (unpaired) electrons. The quantitative estimate of drug-likeness (QED) is 0.773. The van der Waals surface area contributed by atoms with Crippen molar-refractivity contribution in [2.24, 2.45) is 5.41 Å². The zero-order valence-corrected chi connectivity index (χ0v) is 11.2. The highest BCUT2D eigenvalue weighted by molar-refractivity contribution is 6.16. The van der Waals surface area contributed by atoms with Gasteiger partial charge in [-0.1, -0.05) is 13.8 Å². The summed E-state index contributed by atoms with van der Waals surface area (Å²) in [6, 6.07) is 8.24. The third kappa shape index (κ3) is 1.60. The Morgan fingerprint density at radius 1 is 1.56 bits per heavy atom. The number of aromatic nitrogens is 2. The predicted molar refractivity (Wildman–Crippen MR) is 71.4 cm³/mol. The molecule has 1 fully saturated rings. The smallest absolute Gasteiger partial charge is 0.125 e. The Bertz CT molecular complexity index is 663. The van der Waals surface area contributed by atoms with Crippen molar-refractivity contribution in [2.45, 2.75) is 32.2 Å². The lowest BCUT2D eigenvalue weighted by molar-refractivity contribution is 0.540. The van der Waals surface area contributed by atoms with Crippen LogP contribution in [-0.4, -0.2) is 9.55 Å². The monoisotopic (exact) mass is 259 g/mol. The average molecular weight is 260 g/mol. The molecule has 3 nitrogen and oxygen atoms in total. The van der Waals surface area contributed by atoms with Gasteiger partial charge in [0.15, 0.2) is 0 Å². The molecule has 2 aromatic rings. The van der Waals surface area contributed by atoms with Gasteiger partial charge in [0.25, 0.3) is 0 Å². The van der Waals surface area contributed by atoms with Gasteiger partial charge in [-0.15, -0.1) is 11.6 Å². The second kappa shape index (κ2) is 3.73. The largest absolute Gasteiger partial charge is 0.323 e. The molecule has 0 N–H and O–H groups in total.